The van der Waals surface area contributed by atoms with Gasteiger partial charge in [-0.3, -0.25) is 0 Å². The monoisotopic (exact) mass is 263 g/mol. The zero-order valence-electron chi connectivity index (χ0n) is 10.8. The van der Waals surface area contributed by atoms with Gasteiger partial charge in [0.05, 0.1) is 6.61 Å². The van der Waals surface area contributed by atoms with Crippen molar-refractivity contribution in [2.75, 3.05) is 19.7 Å². The molecule has 3 rings (SSSR count). The lowest BCUT2D eigenvalue weighted by molar-refractivity contribution is 0.299. The highest BCUT2D eigenvalue weighted by Crippen LogP contribution is 2.31. The first-order valence-corrected chi connectivity index (χ1v) is 7.83. The number of hydrogen-bond acceptors (Lipinski definition) is 3. The Kier molecular flexibility index (Phi) is 4.11. The van der Waals surface area contributed by atoms with Crippen LogP contribution in [-0.4, -0.2) is 24.0 Å². The van der Waals surface area contributed by atoms with Gasteiger partial charge in [-0.2, -0.15) is 0 Å². The molecule has 2 aliphatic rings. The average molecular weight is 263 g/mol. The van der Waals surface area contributed by atoms with Crippen molar-refractivity contribution in [3.8, 4) is 5.75 Å². The molecule has 1 aliphatic carbocycles. The van der Waals surface area contributed by atoms with E-state index in [1.165, 1.54) is 50.1 Å². The summed E-state index contributed by atoms with van der Waals surface area (Å²) in [5.41, 5.74) is 0. The molecule has 2 fully saturated rings. The van der Waals surface area contributed by atoms with Crippen molar-refractivity contribution in [3.05, 3.63) is 24.3 Å². The zero-order chi connectivity index (χ0) is 12.2. The topological polar surface area (TPSA) is 12.5 Å². The van der Waals surface area contributed by atoms with Crippen molar-refractivity contribution in [1.29, 1.82) is 0 Å². The van der Waals surface area contributed by atoms with Gasteiger partial charge >= 0.3 is 0 Å². The van der Waals surface area contributed by atoms with Crippen molar-refractivity contribution < 1.29 is 4.74 Å². The molecule has 0 spiro atoms. The highest BCUT2D eigenvalue weighted by Gasteiger charge is 2.21. The molecule has 0 radical (unpaired) electrons. The van der Waals surface area contributed by atoms with Crippen LogP contribution in [-0.2, 0) is 0 Å². The Morgan fingerprint density at radius 3 is 2.78 bits per heavy atom. The molecule has 1 saturated carbocycles. The van der Waals surface area contributed by atoms with E-state index in [4.69, 9.17) is 4.74 Å². The molecule has 2 nitrogen and oxygen atoms in total. The maximum Gasteiger partial charge on any atom is 0.120 e. The molecule has 0 N–H and O–H groups in total. The second-order valence-electron chi connectivity index (χ2n) is 5.31. The van der Waals surface area contributed by atoms with Crippen LogP contribution in [0.15, 0.2) is 29.2 Å². The third-order valence-corrected chi connectivity index (χ3v) is 4.63. The normalized spacial score (nSPS) is 20.9. The van der Waals surface area contributed by atoms with Gasteiger partial charge < -0.3 is 4.74 Å². The summed E-state index contributed by atoms with van der Waals surface area (Å²) in [7, 11) is 0. The summed E-state index contributed by atoms with van der Waals surface area (Å²) >= 11 is 1.88. The lowest BCUT2D eigenvalue weighted by atomic mass is 10.2. The van der Waals surface area contributed by atoms with Crippen LogP contribution >= 0.6 is 11.9 Å². The zero-order valence-corrected chi connectivity index (χ0v) is 11.6. The second kappa shape index (κ2) is 5.98. The molecule has 1 saturated heterocycles. The molecule has 0 amide bonds. The largest absolute Gasteiger partial charge is 0.493 e. The molecular formula is C15H21NOS. The van der Waals surface area contributed by atoms with Crippen molar-refractivity contribution in [2.45, 2.75) is 37.0 Å². The molecule has 18 heavy (non-hydrogen) atoms. The van der Waals surface area contributed by atoms with Crippen LogP contribution in [0.5, 0.6) is 5.75 Å². The molecule has 3 heteroatoms. The van der Waals surface area contributed by atoms with Crippen LogP contribution in [0.2, 0.25) is 0 Å². The molecule has 98 valence electrons. The molecular weight excluding hydrogens is 242 g/mol. The Bertz CT molecular complexity index is 386. The van der Waals surface area contributed by atoms with Crippen LogP contribution in [0, 0.1) is 5.92 Å². The summed E-state index contributed by atoms with van der Waals surface area (Å²) in [4.78, 5) is 1.31. The molecule has 0 atom stereocenters. The van der Waals surface area contributed by atoms with Gasteiger partial charge in [-0.05, 0) is 61.7 Å². The second-order valence-corrected chi connectivity index (χ2v) is 6.48. The summed E-state index contributed by atoms with van der Waals surface area (Å²) in [5.74, 6) is 1.85. The minimum absolute atomic E-state index is 0.823. The van der Waals surface area contributed by atoms with E-state index >= 15 is 0 Å². The van der Waals surface area contributed by atoms with E-state index in [9.17, 15) is 0 Å². The predicted octanol–water partition coefficient (Wildman–Crippen LogP) is 3.97. The SMILES string of the molecule is c1cc(OCC2CC2)cc(SN2CCCCC2)c1. The number of hydrogen-bond donors (Lipinski definition) is 0. The van der Waals surface area contributed by atoms with Gasteiger partial charge in [0.15, 0.2) is 0 Å². The van der Waals surface area contributed by atoms with Crippen molar-refractivity contribution >= 4 is 11.9 Å². The lowest BCUT2D eigenvalue weighted by Gasteiger charge is -2.25. The Labute approximate surface area is 114 Å². The van der Waals surface area contributed by atoms with Crippen LogP contribution in [0.3, 0.4) is 0 Å². The summed E-state index contributed by atoms with van der Waals surface area (Å²) in [6.45, 7) is 3.34. The van der Waals surface area contributed by atoms with Gasteiger partial charge in [-0.15, -0.1) is 0 Å². The number of ether oxygens (including phenoxy) is 1. The highest BCUT2D eigenvalue weighted by atomic mass is 32.2. The molecule has 1 aromatic carbocycles. The van der Waals surface area contributed by atoms with Crippen LogP contribution in [0.1, 0.15) is 32.1 Å². The maximum absolute atomic E-state index is 5.83. The summed E-state index contributed by atoms with van der Waals surface area (Å²) < 4.78 is 8.30. The summed E-state index contributed by atoms with van der Waals surface area (Å²) in [6, 6.07) is 8.54. The summed E-state index contributed by atoms with van der Waals surface area (Å²) in [5, 5.41) is 0. The van der Waals surface area contributed by atoms with Gasteiger partial charge in [0.2, 0.25) is 0 Å². The third-order valence-electron chi connectivity index (χ3n) is 3.54. The molecule has 1 aromatic rings. The van der Waals surface area contributed by atoms with E-state index in [-0.39, 0.29) is 0 Å². The van der Waals surface area contributed by atoms with Crippen molar-refractivity contribution in [2.24, 2.45) is 5.92 Å². The fourth-order valence-electron chi connectivity index (χ4n) is 2.22. The Morgan fingerprint density at radius 1 is 1.17 bits per heavy atom. The first-order valence-electron chi connectivity index (χ1n) is 7.06. The van der Waals surface area contributed by atoms with E-state index in [0.717, 1.165) is 18.3 Å². The molecule has 0 aromatic heterocycles. The summed E-state index contributed by atoms with van der Waals surface area (Å²) in [6.07, 6.45) is 6.77. The first kappa shape index (κ1) is 12.4. The van der Waals surface area contributed by atoms with Crippen LogP contribution < -0.4 is 4.74 Å². The fraction of sp³-hybridized carbons (Fsp3) is 0.600. The Morgan fingerprint density at radius 2 is 2.00 bits per heavy atom. The molecule has 1 heterocycles. The van der Waals surface area contributed by atoms with E-state index in [1.54, 1.807) is 0 Å². The molecule has 1 aliphatic heterocycles. The van der Waals surface area contributed by atoms with Crippen molar-refractivity contribution in [1.82, 2.24) is 4.31 Å². The first-order chi connectivity index (χ1) is 8.90. The molecule has 0 unspecified atom stereocenters. The van der Waals surface area contributed by atoms with Crippen LogP contribution in [0.25, 0.3) is 0 Å². The standard InChI is InChI=1S/C15H21NOS/c1-2-9-16(10-3-1)18-15-6-4-5-14(11-15)17-12-13-7-8-13/h4-6,11,13H,1-3,7-10,12H2. The minimum Gasteiger partial charge on any atom is -0.493 e. The van der Waals surface area contributed by atoms with E-state index in [0.29, 0.717) is 0 Å². The number of piperidine rings is 1. The Hall–Kier alpha value is -0.670. The van der Waals surface area contributed by atoms with E-state index < -0.39 is 0 Å². The number of benzene rings is 1. The highest BCUT2D eigenvalue weighted by molar-refractivity contribution is 7.97. The fourth-order valence-corrected chi connectivity index (χ4v) is 3.27. The smallest absolute Gasteiger partial charge is 0.120 e. The maximum atomic E-state index is 5.83. The van der Waals surface area contributed by atoms with Gasteiger partial charge in [-0.1, -0.05) is 12.5 Å². The minimum atomic E-state index is 0.823. The van der Waals surface area contributed by atoms with Gasteiger partial charge in [0, 0.05) is 18.0 Å². The average Bonchev–Trinajstić information content (AvgIpc) is 3.22. The van der Waals surface area contributed by atoms with Crippen LogP contribution in [0.4, 0.5) is 0 Å². The lowest BCUT2D eigenvalue weighted by Crippen LogP contribution is -2.22. The van der Waals surface area contributed by atoms with E-state index in [2.05, 4.69) is 28.6 Å². The number of nitrogens with zero attached hydrogens (tertiary/aromatic N) is 1. The quantitative estimate of drug-likeness (QED) is 0.746. The van der Waals surface area contributed by atoms with Gasteiger partial charge in [0.25, 0.3) is 0 Å². The van der Waals surface area contributed by atoms with Gasteiger partial charge in [0.1, 0.15) is 5.75 Å². The third kappa shape index (κ3) is 3.66. The number of rotatable bonds is 5. The van der Waals surface area contributed by atoms with E-state index in [1.807, 2.05) is 11.9 Å². The van der Waals surface area contributed by atoms with Gasteiger partial charge in [-0.25, -0.2) is 4.31 Å². The molecule has 0 bridgehead atoms. The van der Waals surface area contributed by atoms with Crippen molar-refractivity contribution in [3.63, 3.8) is 0 Å². The Balaban J connectivity index is 1.55. The predicted molar refractivity (Wildman–Crippen MR) is 75.9 cm³/mol.